The molecule has 0 saturated heterocycles. The summed E-state index contributed by atoms with van der Waals surface area (Å²) in [5.74, 6) is 0.427. The number of benzene rings is 1. The van der Waals surface area contributed by atoms with E-state index in [2.05, 4.69) is 4.98 Å². The van der Waals surface area contributed by atoms with E-state index in [1.54, 1.807) is 0 Å². The van der Waals surface area contributed by atoms with Crippen molar-refractivity contribution in [2.24, 2.45) is 0 Å². The van der Waals surface area contributed by atoms with Gasteiger partial charge in [-0.3, -0.25) is 10.1 Å². The zero-order chi connectivity index (χ0) is 13.8. The lowest BCUT2D eigenvalue weighted by molar-refractivity contribution is -0.386. The van der Waals surface area contributed by atoms with Crippen LogP contribution in [0.4, 0.5) is 5.69 Å². The molecule has 1 aromatic heterocycles. The molecular weight excluding hydrogens is 252 g/mol. The first-order valence-electron chi connectivity index (χ1n) is 5.26. The zero-order valence-corrected chi connectivity index (χ0v) is 9.94. The molecule has 0 bridgehead atoms. The average Bonchev–Trinajstić information content (AvgIpc) is 2.41. The molecule has 0 unspecified atom stereocenters. The first-order valence-corrected chi connectivity index (χ1v) is 5.26. The second-order valence-corrected chi connectivity index (χ2v) is 3.53. The van der Waals surface area contributed by atoms with Crippen molar-refractivity contribution in [1.82, 2.24) is 4.98 Å². The van der Waals surface area contributed by atoms with E-state index in [-0.39, 0.29) is 23.2 Å². The Bertz CT molecular complexity index is 598. The Morgan fingerprint density at radius 2 is 1.89 bits per heavy atom. The van der Waals surface area contributed by atoms with Crippen LogP contribution in [0.5, 0.6) is 23.3 Å². The van der Waals surface area contributed by atoms with E-state index >= 15 is 0 Å². The van der Waals surface area contributed by atoms with Gasteiger partial charge in [0.05, 0.1) is 12.0 Å². The predicted molar refractivity (Wildman–Crippen MR) is 65.6 cm³/mol. The number of hydrogen-bond donors (Lipinski definition) is 1. The molecule has 2 aromatic rings. The third-order valence-corrected chi connectivity index (χ3v) is 2.27. The number of nitro groups is 1. The fourth-order valence-electron chi connectivity index (χ4n) is 1.37. The van der Waals surface area contributed by atoms with Gasteiger partial charge in [-0.05, 0) is 24.3 Å². The number of methoxy groups -OCH3 is 1. The number of nitrogens with zero attached hydrogens (tertiary/aromatic N) is 2. The maximum Gasteiger partial charge on any atom is 0.331 e. The van der Waals surface area contributed by atoms with Crippen LogP contribution in [-0.2, 0) is 0 Å². The zero-order valence-electron chi connectivity index (χ0n) is 9.94. The molecule has 1 N–H and O–H groups in total. The second kappa shape index (κ2) is 5.21. The molecule has 98 valence electrons. The molecule has 0 atom stereocenters. The third kappa shape index (κ3) is 2.89. The number of phenols is 1. The highest BCUT2D eigenvalue weighted by molar-refractivity contribution is 5.45. The second-order valence-electron chi connectivity index (χ2n) is 3.53. The summed E-state index contributed by atoms with van der Waals surface area (Å²) in [6.45, 7) is 0. The highest BCUT2D eigenvalue weighted by atomic mass is 16.6. The molecule has 19 heavy (non-hydrogen) atoms. The maximum atomic E-state index is 10.9. The van der Waals surface area contributed by atoms with Gasteiger partial charge in [0.1, 0.15) is 11.5 Å². The van der Waals surface area contributed by atoms with Crippen molar-refractivity contribution >= 4 is 5.69 Å². The Balaban J connectivity index is 2.36. The molecule has 0 radical (unpaired) electrons. The molecule has 0 aliphatic rings. The van der Waals surface area contributed by atoms with Crippen LogP contribution in [-0.4, -0.2) is 22.1 Å². The topological polar surface area (TPSA) is 94.7 Å². The Hall–Kier alpha value is -2.83. The van der Waals surface area contributed by atoms with Gasteiger partial charge in [0.2, 0.25) is 5.88 Å². The molecule has 7 nitrogen and oxygen atoms in total. The number of rotatable bonds is 4. The van der Waals surface area contributed by atoms with Gasteiger partial charge in [-0.15, -0.1) is 0 Å². The number of ether oxygens (including phenoxy) is 2. The summed E-state index contributed by atoms with van der Waals surface area (Å²) in [6.07, 6.45) is 0. The Labute approximate surface area is 108 Å². The van der Waals surface area contributed by atoms with Crippen molar-refractivity contribution in [1.29, 1.82) is 0 Å². The highest BCUT2D eigenvalue weighted by Gasteiger charge is 2.18. The van der Waals surface area contributed by atoms with E-state index in [1.165, 1.54) is 43.5 Å². The lowest BCUT2D eigenvalue weighted by Crippen LogP contribution is -1.97. The number of phenolic OH excluding ortho intramolecular Hbond substituents is 1. The van der Waals surface area contributed by atoms with E-state index in [0.29, 0.717) is 5.75 Å². The summed E-state index contributed by atoms with van der Waals surface area (Å²) in [5, 5.41) is 20.0. The van der Waals surface area contributed by atoms with E-state index in [1.807, 2.05) is 0 Å². The number of hydrogen-bond acceptors (Lipinski definition) is 6. The predicted octanol–water partition coefficient (Wildman–Crippen LogP) is 2.50. The Morgan fingerprint density at radius 1 is 1.21 bits per heavy atom. The van der Waals surface area contributed by atoms with Gasteiger partial charge in [0, 0.05) is 12.1 Å². The lowest BCUT2D eigenvalue weighted by atomic mass is 10.3. The van der Waals surface area contributed by atoms with E-state index in [0.717, 1.165) is 0 Å². The van der Waals surface area contributed by atoms with Crippen molar-refractivity contribution in [2.45, 2.75) is 0 Å². The largest absolute Gasteiger partial charge is 0.508 e. The highest BCUT2D eigenvalue weighted by Crippen LogP contribution is 2.31. The number of pyridine rings is 1. The first kappa shape index (κ1) is 12.6. The maximum absolute atomic E-state index is 10.9. The minimum Gasteiger partial charge on any atom is -0.508 e. The number of aromatic hydroxyl groups is 1. The van der Waals surface area contributed by atoms with Gasteiger partial charge >= 0.3 is 11.6 Å². The van der Waals surface area contributed by atoms with Crippen molar-refractivity contribution in [3.63, 3.8) is 0 Å². The van der Waals surface area contributed by atoms with Crippen molar-refractivity contribution in [2.75, 3.05) is 7.11 Å². The fraction of sp³-hybridized carbons (Fsp3) is 0.0833. The van der Waals surface area contributed by atoms with Crippen LogP contribution in [0.3, 0.4) is 0 Å². The Morgan fingerprint density at radius 3 is 2.47 bits per heavy atom. The molecule has 7 heteroatoms. The van der Waals surface area contributed by atoms with Gasteiger partial charge in [0.25, 0.3) is 0 Å². The van der Waals surface area contributed by atoms with Gasteiger partial charge < -0.3 is 14.6 Å². The van der Waals surface area contributed by atoms with Crippen LogP contribution in [0.2, 0.25) is 0 Å². The quantitative estimate of drug-likeness (QED) is 0.671. The van der Waals surface area contributed by atoms with Gasteiger partial charge in [0.15, 0.2) is 0 Å². The van der Waals surface area contributed by atoms with Crippen LogP contribution in [0.15, 0.2) is 36.4 Å². The Kier molecular flexibility index (Phi) is 3.46. The molecule has 0 aliphatic carbocycles. The molecular formula is C12H10N2O5. The number of aromatic nitrogens is 1. The third-order valence-electron chi connectivity index (χ3n) is 2.27. The minimum absolute atomic E-state index is 0.0699. The van der Waals surface area contributed by atoms with Gasteiger partial charge in [-0.1, -0.05) is 0 Å². The van der Waals surface area contributed by atoms with E-state index in [4.69, 9.17) is 14.6 Å². The van der Waals surface area contributed by atoms with Gasteiger partial charge in [-0.25, -0.2) is 0 Å². The fourth-order valence-corrected chi connectivity index (χ4v) is 1.37. The summed E-state index contributed by atoms with van der Waals surface area (Å²) in [4.78, 5) is 14.2. The van der Waals surface area contributed by atoms with E-state index < -0.39 is 4.92 Å². The SMILES string of the molecule is COc1ccc([N+](=O)[O-])c(Oc2ccc(O)cc2)n1. The summed E-state index contributed by atoms with van der Waals surface area (Å²) in [6, 6.07) is 8.38. The van der Waals surface area contributed by atoms with Crippen LogP contribution in [0.25, 0.3) is 0 Å². The van der Waals surface area contributed by atoms with Crippen LogP contribution >= 0.6 is 0 Å². The summed E-state index contributed by atoms with van der Waals surface area (Å²) in [7, 11) is 1.40. The molecule has 0 fully saturated rings. The summed E-state index contributed by atoms with van der Waals surface area (Å²) in [5.41, 5.74) is -0.270. The smallest absolute Gasteiger partial charge is 0.331 e. The molecule has 0 amide bonds. The molecule has 0 saturated carbocycles. The molecule has 0 spiro atoms. The van der Waals surface area contributed by atoms with Crippen LogP contribution < -0.4 is 9.47 Å². The molecule has 1 heterocycles. The normalized spacial score (nSPS) is 9.95. The molecule has 0 aliphatic heterocycles. The summed E-state index contributed by atoms with van der Waals surface area (Å²) < 4.78 is 10.2. The minimum atomic E-state index is -0.595. The standard InChI is InChI=1S/C12H10N2O5/c1-18-11-7-6-10(14(16)17)12(13-11)19-9-4-2-8(15)3-5-9/h2-7,15H,1H3. The van der Waals surface area contributed by atoms with Crippen LogP contribution in [0.1, 0.15) is 0 Å². The van der Waals surface area contributed by atoms with Gasteiger partial charge in [-0.2, -0.15) is 4.98 Å². The van der Waals surface area contributed by atoms with Crippen molar-refractivity contribution < 1.29 is 19.5 Å². The first-order chi connectivity index (χ1) is 9.10. The average molecular weight is 262 g/mol. The monoisotopic (exact) mass is 262 g/mol. The van der Waals surface area contributed by atoms with Crippen molar-refractivity contribution in [3.05, 3.63) is 46.5 Å². The lowest BCUT2D eigenvalue weighted by Gasteiger charge is -2.06. The molecule has 1 aromatic carbocycles. The molecule has 2 rings (SSSR count). The van der Waals surface area contributed by atoms with E-state index in [9.17, 15) is 10.1 Å². The van der Waals surface area contributed by atoms with Crippen molar-refractivity contribution in [3.8, 4) is 23.3 Å². The summed E-state index contributed by atoms with van der Waals surface area (Å²) >= 11 is 0. The van der Waals surface area contributed by atoms with Crippen LogP contribution in [0, 0.1) is 10.1 Å².